The molecule has 6 heteroatoms. The molecule has 1 saturated heterocycles. The summed E-state index contributed by atoms with van der Waals surface area (Å²) in [5, 5.41) is 13.1. The van der Waals surface area contributed by atoms with E-state index in [1.54, 1.807) is 12.1 Å². The Hall–Kier alpha value is -2.39. The smallest absolute Gasteiger partial charge is 0.222 e. The molecule has 3 rings (SSSR count). The number of likely N-dealkylation sites (tertiary alicyclic amines) is 1. The Morgan fingerprint density at radius 3 is 2.67 bits per heavy atom. The Balaban J connectivity index is 1.57. The van der Waals surface area contributed by atoms with Crippen molar-refractivity contribution in [3.05, 3.63) is 41.2 Å². The predicted octanol–water partition coefficient (Wildman–Crippen LogP) is 2.50. The molecule has 1 aromatic carbocycles. The van der Waals surface area contributed by atoms with Crippen molar-refractivity contribution in [3.8, 4) is 0 Å². The van der Waals surface area contributed by atoms with Gasteiger partial charge in [0.25, 0.3) is 0 Å². The summed E-state index contributed by atoms with van der Waals surface area (Å²) in [5.74, 6) is 0.104. The molecule has 2 aliphatic rings. The van der Waals surface area contributed by atoms with Gasteiger partial charge in [-0.05, 0) is 12.0 Å². The van der Waals surface area contributed by atoms with Gasteiger partial charge in [-0.25, -0.2) is 4.85 Å². The van der Waals surface area contributed by atoms with Crippen LogP contribution in [0.1, 0.15) is 37.7 Å². The van der Waals surface area contributed by atoms with Gasteiger partial charge in [-0.15, -0.1) is 0 Å². The van der Waals surface area contributed by atoms with Crippen LogP contribution in [0.5, 0.6) is 0 Å². The highest BCUT2D eigenvalue weighted by atomic mass is 16.7. The molecule has 2 aliphatic heterocycles. The number of piperidine rings is 1. The summed E-state index contributed by atoms with van der Waals surface area (Å²) in [4.78, 5) is 23.0. The number of nitrogens with zero attached hydrogens (tertiary/aromatic N) is 3. The Morgan fingerprint density at radius 1 is 1.33 bits per heavy atom. The molecule has 1 aromatic rings. The van der Waals surface area contributed by atoms with E-state index in [0.717, 1.165) is 30.5 Å². The highest BCUT2D eigenvalue weighted by molar-refractivity contribution is 6.01. The summed E-state index contributed by atoms with van der Waals surface area (Å²) in [7, 11) is 0. The highest BCUT2D eigenvalue weighted by Gasteiger charge is 2.42. The van der Waals surface area contributed by atoms with Crippen molar-refractivity contribution in [2.24, 2.45) is 5.16 Å². The summed E-state index contributed by atoms with van der Waals surface area (Å²) in [5.41, 5.74) is 2.21. The molecule has 24 heavy (non-hydrogen) atoms. The third-order valence-corrected chi connectivity index (χ3v) is 4.74. The number of benzene rings is 1. The molecule has 0 aromatic heterocycles. The van der Waals surface area contributed by atoms with Crippen LogP contribution in [0.25, 0.3) is 4.85 Å². The largest absolute Gasteiger partial charge is 0.396 e. The minimum Gasteiger partial charge on any atom is -0.396 e. The summed E-state index contributed by atoms with van der Waals surface area (Å²) < 4.78 is 0. The number of rotatable bonds is 4. The van der Waals surface area contributed by atoms with Crippen LogP contribution >= 0.6 is 0 Å². The Kier molecular flexibility index (Phi) is 4.81. The molecule has 1 fully saturated rings. The van der Waals surface area contributed by atoms with E-state index in [2.05, 4.69) is 10.0 Å². The standard InChI is InChI=1S/C18H21N3O3/c1-19-15-6-4-14(5-7-15)16-13-18(24-20-16)8-10-21(11-9-18)17(23)3-2-12-22/h4-7,22H,2-3,8-13H2. The zero-order valence-corrected chi connectivity index (χ0v) is 13.6. The molecule has 126 valence electrons. The van der Waals surface area contributed by atoms with Crippen LogP contribution in [0.3, 0.4) is 0 Å². The first-order valence-electron chi connectivity index (χ1n) is 8.27. The maximum Gasteiger partial charge on any atom is 0.222 e. The number of oxime groups is 1. The summed E-state index contributed by atoms with van der Waals surface area (Å²) in [6.07, 6.45) is 3.20. The maximum atomic E-state index is 12.0. The molecule has 2 heterocycles. The van der Waals surface area contributed by atoms with Gasteiger partial charge in [0.1, 0.15) is 5.60 Å². The van der Waals surface area contributed by atoms with Crippen molar-refractivity contribution in [1.29, 1.82) is 0 Å². The highest BCUT2D eigenvalue weighted by Crippen LogP contribution is 2.36. The number of aliphatic hydroxyl groups is 1. The second-order valence-electron chi connectivity index (χ2n) is 6.36. The van der Waals surface area contributed by atoms with Crippen molar-refractivity contribution >= 4 is 17.3 Å². The molecule has 1 amide bonds. The molecular formula is C18H21N3O3. The number of aliphatic hydroxyl groups excluding tert-OH is 1. The Labute approximate surface area is 141 Å². The van der Waals surface area contributed by atoms with E-state index in [-0.39, 0.29) is 18.1 Å². The lowest BCUT2D eigenvalue weighted by Gasteiger charge is -2.37. The number of carbonyl (C=O) groups excluding carboxylic acids is 1. The monoisotopic (exact) mass is 327 g/mol. The van der Waals surface area contributed by atoms with Gasteiger partial charge in [-0.1, -0.05) is 29.4 Å². The molecule has 0 bridgehead atoms. The van der Waals surface area contributed by atoms with Gasteiger partial charge in [0.05, 0.1) is 12.3 Å². The maximum absolute atomic E-state index is 12.0. The second kappa shape index (κ2) is 7.02. The number of hydrogen-bond donors (Lipinski definition) is 1. The predicted molar refractivity (Wildman–Crippen MR) is 89.8 cm³/mol. The molecular weight excluding hydrogens is 306 g/mol. The molecule has 0 radical (unpaired) electrons. The van der Waals surface area contributed by atoms with E-state index in [1.807, 2.05) is 17.0 Å². The van der Waals surface area contributed by atoms with E-state index in [9.17, 15) is 4.79 Å². The molecule has 0 aliphatic carbocycles. The fourth-order valence-corrected chi connectivity index (χ4v) is 3.22. The van der Waals surface area contributed by atoms with Crippen LogP contribution in [-0.4, -0.2) is 46.9 Å². The van der Waals surface area contributed by atoms with Crippen LogP contribution in [0, 0.1) is 6.57 Å². The normalized spacial score (nSPS) is 18.8. The first-order valence-corrected chi connectivity index (χ1v) is 8.27. The SMILES string of the molecule is [C-]#[N+]c1ccc(C2=NOC3(CCN(C(=O)CCCO)CC3)C2)cc1. The van der Waals surface area contributed by atoms with E-state index >= 15 is 0 Å². The van der Waals surface area contributed by atoms with Crippen LogP contribution in [0.15, 0.2) is 29.4 Å². The van der Waals surface area contributed by atoms with Crippen molar-refractivity contribution in [3.63, 3.8) is 0 Å². The van der Waals surface area contributed by atoms with Crippen LogP contribution in [-0.2, 0) is 9.63 Å². The minimum atomic E-state index is -0.304. The van der Waals surface area contributed by atoms with E-state index < -0.39 is 0 Å². The fourth-order valence-electron chi connectivity index (χ4n) is 3.22. The van der Waals surface area contributed by atoms with Crippen molar-refractivity contribution < 1.29 is 14.7 Å². The van der Waals surface area contributed by atoms with Crippen molar-refractivity contribution in [2.75, 3.05) is 19.7 Å². The van der Waals surface area contributed by atoms with E-state index in [0.29, 0.717) is 31.6 Å². The summed E-state index contributed by atoms with van der Waals surface area (Å²) in [6.45, 7) is 8.39. The number of carbonyl (C=O) groups is 1. The van der Waals surface area contributed by atoms with E-state index in [4.69, 9.17) is 16.5 Å². The van der Waals surface area contributed by atoms with Gasteiger partial charge in [0.2, 0.25) is 5.91 Å². The van der Waals surface area contributed by atoms with Gasteiger partial charge in [0, 0.05) is 45.4 Å². The Bertz CT molecular complexity index is 668. The van der Waals surface area contributed by atoms with Gasteiger partial charge in [0.15, 0.2) is 5.69 Å². The van der Waals surface area contributed by atoms with Crippen LogP contribution in [0.2, 0.25) is 0 Å². The fraction of sp³-hybridized carbons (Fsp3) is 0.500. The first kappa shape index (κ1) is 16.5. The average Bonchev–Trinajstić information content (AvgIpc) is 3.04. The number of hydrogen-bond acceptors (Lipinski definition) is 4. The molecule has 6 nitrogen and oxygen atoms in total. The quantitative estimate of drug-likeness (QED) is 0.864. The second-order valence-corrected chi connectivity index (χ2v) is 6.36. The van der Waals surface area contributed by atoms with Crippen molar-refractivity contribution in [2.45, 2.75) is 37.7 Å². The Morgan fingerprint density at radius 2 is 2.04 bits per heavy atom. The van der Waals surface area contributed by atoms with Gasteiger partial charge >= 0.3 is 0 Å². The molecule has 0 unspecified atom stereocenters. The summed E-state index contributed by atoms with van der Waals surface area (Å²) >= 11 is 0. The van der Waals surface area contributed by atoms with Crippen LogP contribution in [0.4, 0.5) is 5.69 Å². The lowest BCUT2D eigenvalue weighted by molar-refractivity contribution is -0.137. The third kappa shape index (κ3) is 3.41. The van der Waals surface area contributed by atoms with Crippen LogP contribution < -0.4 is 0 Å². The topological polar surface area (TPSA) is 66.5 Å². The zero-order valence-electron chi connectivity index (χ0n) is 13.6. The van der Waals surface area contributed by atoms with Crippen molar-refractivity contribution in [1.82, 2.24) is 4.90 Å². The zero-order chi connectivity index (χ0) is 17.0. The summed E-state index contributed by atoms with van der Waals surface area (Å²) in [6, 6.07) is 7.39. The van der Waals surface area contributed by atoms with Gasteiger partial charge in [-0.2, -0.15) is 0 Å². The number of amides is 1. The van der Waals surface area contributed by atoms with E-state index in [1.165, 1.54) is 0 Å². The molecule has 1 N–H and O–H groups in total. The lowest BCUT2D eigenvalue weighted by Crippen LogP contribution is -2.46. The average molecular weight is 327 g/mol. The molecule has 1 spiro atoms. The first-order chi connectivity index (χ1) is 11.7. The lowest BCUT2D eigenvalue weighted by atomic mass is 9.85. The van der Waals surface area contributed by atoms with Gasteiger partial charge < -0.3 is 14.8 Å². The molecule has 0 atom stereocenters. The molecule has 0 saturated carbocycles. The van der Waals surface area contributed by atoms with Gasteiger partial charge in [-0.3, -0.25) is 4.79 Å². The third-order valence-electron chi connectivity index (χ3n) is 4.74. The minimum absolute atomic E-state index is 0.0517.